The van der Waals surface area contributed by atoms with E-state index in [2.05, 4.69) is 25.9 Å². The Bertz CT molecular complexity index is 903. The van der Waals surface area contributed by atoms with E-state index in [0.717, 1.165) is 27.4 Å². The van der Waals surface area contributed by atoms with E-state index in [1.807, 2.05) is 35.7 Å². The highest BCUT2D eigenvalue weighted by molar-refractivity contribution is 7.17. The van der Waals surface area contributed by atoms with Crippen molar-refractivity contribution in [3.63, 3.8) is 0 Å². The van der Waals surface area contributed by atoms with Gasteiger partial charge >= 0.3 is 0 Å². The number of carbonyl (C=O) groups is 1. The molecule has 24 heavy (non-hydrogen) atoms. The van der Waals surface area contributed by atoms with E-state index in [1.54, 1.807) is 11.3 Å². The van der Waals surface area contributed by atoms with Gasteiger partial charge in [-0.15, -0.1) is 11.3 Å². The van der Waals surface area contributed by atoms with Crippen LogP contribution in [-0.4, -0.2) is 21.9 Å². The quantitative estimate of drug-likeness (QED) is 0.655. The molecule has 1 fully saturated rings. The first-order chi connectivity index (χ1) is 11.7. The molecule has 3 aromatic rings. The van der Waals surface area contributed by atoms with Crippen molar-refractivity contribution in [1.82, 2.24) is 9.97 Å². The van der Waals surface area contributed by atoms with Crippen molar-refractivity contribution in [3.8, 4) is 0 Å². The number of thiophene rings is 1. The molecule has 0 saturated heterocycles. The molecule has 1 aliphatic carbocycles. The monoisotopic (exact) mass is 339 g/mol. The summed E-state index contributed by atoms with van der Waals surface area (Å²) >= 11 is 1.65. The van der Waals surface area contributed by atoms with Crippen LogP contribution in [0.15, 0.2) is 35.7 Å². The minimum absolute atomic E-state index is 0.0981. The Morgan fingerprint density at radius 2 is 2.04 bits per heavy atom. The smallest absolute Gasteiger partial charge is 0.229 e. The third kappa shape index (κ3) is 3.30. The zero-order valence-corrected chi connectivity index (χ0v) is 14.0. The summed E-state index contributed by atoms with van der Waals surface area (Å²) in [7, 11) is 0. The van der Waals surface area contributed by atoms with Gasteiger partial charge in [0.15, 0.2) is 0 Å². The Kier molecular flexibility index (Phi) is 3.78. The number of hydrogen-bond donors (Lipinski definition) is 3. The topological polar surface area (TPSA) is 78.9 Å². The van der Waals surface area contributed by atoms with Crippen molar-refractivity contribution in [2.24, 2.45) is 0 Å². The third-order valence-corrected chi connectivity index (χ3v) is 4.57. The lowest BCUT2D eigenvalue weighted by atomic mass is 10.2. The van der Waals surface area contributed by atoms with E-state index < -0.39 is 0 Å². The van der Waals surface area contributed by atoms with Gasteiger partial charge in [-0.25, -0.2) is 4.98 Å². The summed E-state index contributed by atoms with van der Waals surface area (Å²) in [6.45, 7) is 1.49. The van der Waals surface area contributed by atoms with Crippen molar-refractivity contribution in [1.29, 1.82) is 0 Å². The fraction of sp³-hybridized carbons (Fsp3) is 0.235. The van der Waals surface area contributed by atoms with Gasteiger partial charge < -0.3 is 16.0 Å². The predicted molar refractivity (Wildman–Crippen MR) is 98.1 cm³/mol. The molecule has 4 rings (SSSR count). The molecule has 2 aromatic heterocycles. The highest BCUT2D eigenvalue weighted by Gasteiger charge is 2.23. The van der Waals surface area contributed by atoms with Gasteiger partial charge in [-0.3, -0.25) is 4.79 Å². The van der Waals surface area contributed by atoms with E-state index in [0.29, 0.717) is 12.0 Å². The van der Waals surface area contributed by atoms with Crippen LogP contribution in [0.5, 0.6) is 0 Å². The van der Waals surface area contributed by atoms with Crippen LogP contribution in [-0.2, 0) is 4.79 Å². The molecule has 1 aliphatic rings. The van der Waals surface area contributed by atoms with E-state index in [-0.39, 0.29) is 5.91 Å². The van der Waals surface area contributed by atoms with Crippen LogP contribution in [0, 0.1) is 0 Å². The van der Waals surface area contributed by atoms with Crippen LogP contribution < -0.4 is 16.0 Å². The van der Waals surface area contributed by atoms with Crippen LogP contribution in [0.2, 0.25) is 0 Å². The lowest BCUT2D eigenvalue weighted by molar-refractivity contribution is -0.114. The number of rotatable bonds is 5. The van der Waals surface area contributed by atoms with Gasteiger partial charge in [-0.05, 0) is 42.5 Å². The number of amides is 1. The molecule has 0 bridgehead atoms. The number of anilines is 4. The minimum Gasteiger partial charge on any atom is -0.366 e. The fourth-order valence-corrected chi connectivity index (χ4v) is 3.23. The Labute approximate surface area is 143 Å². The summed E-state index contributed by atoms with van der Waals surface area (Å²) in [5, 5.41) is 11.5. The van der Waals surface area contributed by atoms with Crippen LogP contribution in [0.4, 0.5) is 23.1 Å². The molecule has 7 heteroatoms. The summed E-state index contributed by atoms with van der Waals surface area (Å²) in [5.41, 5.74) is 2.49. The highest BCUT2D eigenvalue weighted by atomic mass is 32.1. The zero-order chi connectivity index (χ0) is 16.5. The first kappa shape index (κ1) is 14.9. The molecule has 1 saturated carbocycles. The number of fused-ring (bicyclic) bond motifs is 1. The maximum absolute atomic E-state index is 11.2. The lowest BCUT2D eigenvalue weighted by Crippen LogP contribution is -2.07. The van der Waals surface area contributed by atoms with Gasteiger partial charge in [0.1, 0.15) is 5.82 Å². The van der Waals surface area contributed by atoms with Crippen molar-refractivity contribution in [2.45, 2.75) is 25.8 Å². The first-order valence-corrected chi connectivity index (χ1v) is 8.72. The molecular formula is C17H17N5OS. The van der Waals surface area contributed by atoms with Gasteiger partial charge in [0.2, 0.25) is 11.9 Å². The second-order valence-corrected chi connectivity index (χ2v) is 6.75. The molecular weight excluding hydrogens is 322 g/mol. The normalized spacial score (nSPS) is 13.7. The third-order valence-electron chi connectivity index (χ3n) is 3.66. The SMILES string of the molecule is CC(=O)Nc1cccc(Nc2nc(NC3CC3)c3sccc3n2)c1. The van der Waals surface area contributed by atoms with E-state index in [9.17, 15) is 4.79 Å². The van der Waals surface area contributed by atoms with Crippen molar-refractivity contribution in [3.05, 3.63) is 35.7 Å². The molecule has 0 spiro atoms. The second kappa shape index (κ2) is 6.09. The second-order valence-electron chi connectivity index (χ2n) is 5.84. The Morgan fingerprint density at radius 3 is 2.83 bits per heavy atom. The molecule has 6 nitrogen and oxygen atoms in total. The van der Waals surface area contributed by atoms with Crippen LogP contribution in [0.25, 0.3) is 10.2 Å². The number of carbonyl (C=O) groups excluding carboxylic acids is 1. The maximum atomic E-state index is 11.2. The average molecular weight is 339 g/mol. The molecule has 0 radical (unpaired) electrons. The highest BCUT2D eigenvalue weighted by Crippen LogP contribution is 2.32. The van der Waals surface area contributed by atoms with Crippen LogP contribution >= 0.6 is 11.3 Å². The lowest BCUT2D eigenvalue weighted by Gasteiger charge is -2.10. The number of hydrogen-bond acceptors (Lipinski definition) is 6. The van der Waals surface area contributed by atoms with Crippen molar-refractivity contribution >= 4 is 50.6 Å². The maximum Gasteiger partial charge on any atom is 0.229 e. The number of aromatic nitrogens is 2. The van der Waals surface area contributed by atoms with E-state index in [1.165, 1.54) is 19.8 Å². The van der Waals surface area contributed by atoms with Crippen LogP contribution in [0.3, 0.4) is 0 Å². The van der Waals surface area contributed by atoms with Gasteiger partial charge in [0.05, 0.1) is 10.2 Å². The zero-order valence-electron chi connectivity index (χ0n) is 13.2. The van der Waals surface area contributed by atoms with Crippen molar-refractivity contribution < 1.29 is 4.79 Å². The molecule has 3 N–H and O–H groups in total. The van der Waals surface area contributed by atoms with E-state index >= 15 is 0 Å². The van der Waals surface area contributed by atoms with Gasteiger partial charge in [-0.1, -0.05) is 6.07 Å². The Hall–Kier alpha value is -2.67. The fourth-order valence-electron chi connectivity index (χ4n) is 2.45. The summed E-state index contributed by atoms with van der Waals surface area (Å²) in [6, 6.07) is 10.0. The number of benzene rings is 1. The standard InChI is InChI=1S/C17H17N5OS/c1-10(23)18-12-3-2-4-13(9-12)20-17-21-14-7-8-24-15(14)16(22-17)19-11-5-6-11/h2-4,7-9,11H,5-6H2,1H3,(H,18,23)(H2,19,20,21,22). The number of nitrogens with one attached hydrogen (secondary N) is 3. The molecule has 0 atom stereocenters. The molecule has 0 unspecified atom stereocenters. The summed E-state index contributed by atoms with van der Waals surface area (Å²) < 4.78 is 1.08. The Morgan fingerprint density at radius 1 is 1.21 bits per heavy atom. The largest absolute Gasteiger partial charge is 0.366 e. The molecule has 0 aliphatic heterocycles. The van der Waals surface area contributed by atoms with Crippen molar-refractivity contribution in [2.75, 3.05) is 16.0 Å². The van der Waals surface area contributed by atoms with Crippen LogP contribution in [0.1, 0.15) is 19.8 Å². The summed E-state index contributed by atoms with van der Waals surface area (Å²) in [4.78, 5) is 20.4. The molecule has 122 valence electrons. The van der Waals surface area contributed by atoms with Gasteiger partial charge in [0, 0.05) is 24.3 Å². The molecule has 2 heterocycles. The summed E-state index contributed by atoms with van der Waals surface area (Å²) in [5.74, 6) is 1.33. The number of nitrogens with zero attached hydrogens (tertiary/aromatic N) is 2. The Balaban J connectivity index is 1.63. The molecule has 1 aromatic carbocycles. The van der Waals surface area contributed by atoms with Gasteiger partial charge in [-0.2, -0.15) is 4.98 Å². The molecule has 1 amide bonds. The minimum atomic E-state index is -0.0981. The average Bonchev–Trinajstić information content (AvgIpc) is 3.21. The first-order valence-electron chi connectivity index (χ1n) is 7.84. The summed E-state index contributed by atoms with van der Waals surface area (Å²) in [6.07, 6.45) is 2.39. The predicted octanol–water partition coefficient (Wildman–Crippen LogP) is 3.97. The van der Waals surface area contributed by atoms with Gasteiger partial charge in [0.25, 0.3) is 0 Å². The van der Waals surface area contributed by atoms with E-state index in [4.69, 9.17) is 0 Å².